The minimum absolute atomic E-state index is 0.0662. The van der Waals surface area contributed by atoms with E-state index < -0.39 is 18.3 Å². The molecule has 7 nitrogen and oxygen atoms in total. The first-order valence-corrected chi connectivity index (χ1v) is 6.71. The van der Waals surface area contributed by atoms with Gasteiger partial charge in [-0.2, -0.15) is 0 Å². The Morgan fingerprint density at radius 1 is 1.38 bits per heavy atom. The number of ether oxygens (including phenoxy) is 2. The van der Waals surface area contributed by atoms with Crippen LogP contribution in [0, 0.1) is 0 Å². The zero-order valence-electron chi connectivity index (χ0n) is 11.5. The van der Waals surface area contributed by atoms with E-state index in [2.05, 4.69) is 10.6 Å². The number of hydrogen-bond acceptors (Lipinski definition) is 5. The SMILES string of the molecule is O=C(NCC1OC(=O)NC1CCO)OCc1ccccc1. The molecule has 1 aliphatic rings. The van der Waals surface area contributed by atoms with Crippen LogP contribution in [0.5, 0.6) is 0 Å². The molecule has 0 bridgehead atoms. The van der Waals surface area contributed by atoms with E-state index in [0.717, 1.165) is 5.56 Å². The number of benzene rings is 1. The number of nitrogens with one attached hydrogen (secondary N) is 2. The molecule has 2 unspecified atom stereocenters. The zero-order chi connectivity index (χ0) is 15.1. The highest BCUT2D eigenvalue weighted by molar-refractivity contribution is 5.71. The van der Waals surface area contributed by atoms with Crippen molar-refractivity contribution in [1.82, 2.24) is 10.6 Å². The van der Waals surface area contributed by atoms with E-state index in [1.54, 1.807) is 0 Å². The largest absolute Gasteiger partial charge is 0.445 e. The van der Waals surface area contributed by atoms with Crippen LogP contribution in [0.3, 0.4) is 0 Å². The summed E-state index contributed by atoms with van der Waals surface area (Å²) in [5.41, 5.74) is 0.889. The second-order valence-electron chi connectivity index (χ2n) is 4.65. The number of hydrogen-bond donors (Lipinski definition) is 3. The van der Waals surface area contributed by atoms with Crippen LogP contribution >= 0.6 is 0 Å². The van der Waals surface area contributed by atoms with Gasteiger partial charge in [-0.3, -0.25) is 0 Å². The molecule has 1 fully saturated rings. The molecule has 2 amide bonds. The number of cyclic esters (lactones) is 1. The third-order valence-corrected chi connectivity index (χ3v) is 3.11. The van der Waals surface area contributed by atoms with E-state index in [0.29, 0.717) is 6.42 Å². The van der Waals surface area contributed by atoms with Gasteiger partial charge in [0.05, 0.1) is 12.6 Å². The molecule has 0 radical (unpaired) electrons. The average Bonchev–Trinajstić information content (AvgIpc) is 2.84. The smallest absolute Gasteiger partial charge is 0.407 e. The van der Waals surface area contributed by atoms with Crippen LogP contribution in [0.15, 0.2) is 30.3 Å². The number of rotatable bonds is 6. The predicted octanol–water partition coefficient (Wildman–Crippen LogP) is 0.772. The normalized spacial score (nSPS) is 20.5. The Morgan fingerprint density at radius 3 is 2.86 bits per heavy atom. The molecule has 1 aliphatic heterocycles. The van der Waals surface area contributed by atoms with Crippen LogP contribution in [0.1, 0.15) is 12.0 Å². The molecule has 0 saturated carbocycles. The molecular weight excluding hydrogens is 276 g/mol. The lowest BCUT2D eigenvalue weighted by molar-refractivity contribution is 0.112. The first-order chi connectivity index (χ1) is 10.2. The first-order valence-electron chi connectivity index (χ1n) is 6.71. The highest BCUT2D eigenvalue weighted by Crippen LogP contribution is 2.11. The van der Waals surface area contributed by atoms with E-state index in [9.17, 15) is 9.59 Å². The van der Waals surface area contributed by atoms with Crippen molar-refractivity contribution in [3.8, 4) is 0 Å². The van der Waals surface area contributed by atoms with Gasteiger partial charge in [0.1, 0.15) is 12.7 Å². The van der Waals surface area contributed by atoms with Gasteiger partial charge >= 0.3 is 12.2 Å². The van der Waals surface area contributed by atoms with Gasteiger partial charge in [0.15, 0.2) is 0 Å². The lowest BCUT2D eigenvalue weighted by atomic mass is 10.1. The van der Waals surface area contributed by atoms with E-state index in [1.165, 1.54) is 0 Å². The molecule has 1 saturated heterocycles. The highest BCUT2D eigenvalue weighted by Gasteiger charge is 2.33. The Balaban J connectivity index is 1.72. The third kappa shape index (κ3) is 4.64. The minimum atomic E-state index is -0.579. The second-order valence-corrected chi connectivity index (χ2v) is 4.65. The number of aliphatic hydroxyl groups is 1. The summed E-state index contributed by atoms with van der Waals surface area (Å²) in [7, 11) is 0. The molecule has 1 aromatic rings. The molecule has 1 aromatic carbocycles. The summed E-state index contributed by atoms with van der Waals surface area (Å²) in [5.74, 6) is 0. The molecular formula is C14H18N2O5. The van der Waals surface area contributed by atoms with Crippen LogP contribution in [0.2, 0.25) is 0 Å². The second kappa shape index (κ2) is 7.49. The Labute approximate surface area is 122 Å². The fraction of sp³-hybridized carbons (Fsp3) is 0.429. The molecule has 2 atom stereocenters. The summed E-state index contributed by atoms with van der Waals surface area (Å²) >= 11 is 0. The van der Waals surface area contributed by atoms with Crippen LogP contribution in [-0.2, 0) is 16.1 Å². The number of amides is 2. The van der Waals surface area contributed by atoms with Gasteiger partial charge in [-0.1, -0.05) is 30.3 Å². The summed E-state index contributed by atoms with van der Waals surface area (Å²) in [5, 5.41) is 14.0. The van der Waals surface area contributed by atoms with Crippen molar-refractivity contribution in [2.75, 3.05) is 13.2 Å². The van der Waals surface area contributed by atoms with Gasteiger partial charge in [-0.15, -0.1) is 0 Å². The first kappa shape index (κ1) is 15.1. The topological polar surface area (TPSA) is 96.9 Å². The van der Waals surface area contributed by atoms with Gasteiger partial charge in [0.25, 0.3) is 0 Å². The van der Waals surface area contributed by atoms with Crippen LogP contribution in [0.25, 0.3) is 0 Å². The Morgan fingerprint density at radius 2 is 2.14 bits per heavy atom. The third-order valence-electron chi connectivity index (χ3n) is 3.11. The molecule has 21 heavy (non-hydrogen) atoms. The van der Waals surface area contributed by atoms with Crippen LogP contribution in [-0.4, -0.2) is 42.6 Å². The highest BCUT2D eigenvalue weighted by atomic mass is 16.6. The predicted molar refractivity (Wildman–Crippen MR) is 73.5 cm³/mol. The van der Waals surface area contributed by atoms with Crippen LogP contribution < -0.4 is 10.6 Å². The Hall–Kier alpha value is -2.28. The van der Waals surface area contributed by atoms with Crippen molar-refractivity contribution in [3.05, 3.63) is 35.9 Å². The maximum atomic E-state index is 11.6. The molecule has 0 spiro atoms. The fourth-order valence-electron chi connectivity index (χ4n) is 2.04. The number of carbonyl (C=O) groups is 2. The standard InChI is InChI=1S/C14H18N2O5/c17-7-6-11-12(21-14(19)16-11)8-15-13(18)20-9-10-4-2-1-3-5-10/h1-5,11-12,17H,6-9H2,(H,15,18)(H,16,19). The number of aliphatic hydroxyl groups excluding tert-OH is 1. The molecule has 1 heterocycles. The van der Waals surface area contributed by atoms with Gasteiger partial charge in [-0.25, -0.2) is 9.59 Å². The zero-order valence-corrected chi connectivity index (χ0v) is 11.5. The Kier molecular flexibility index (Phi) is 5.39. The van der Waals surface area contributed by atoms with E-state index >= 15 is 0 Å². The lowest BCUT2D eigenvalue weighted by Crippen LogP contribution is -2.40. The van der Waals surface area contributed by atoms with Gasteiger partial charge in [-0.05, 0) is 12.0 Å². The Bertz CT molecular complexity index is 480. The summed E-state index contributed by atoms with van der Waals surface area (Å²) in [6.45, 7) is 0.246. The van der Waals surface area contributed by atoms with Crippen molar-refractivity contribution >= 4 is 12.2 Å². The summed E-state index contributed by atoms with van der Waals surface area (Å²) in [6.07, 6.45) is -1.26. The maximum absolute atomic E-state index is 11.6. The number of carbonyl (C=O) groups excluding carboxylic acids is 2. The van der Waals surface area contributed by atoms with E-state index in [-0.39, 0.29) is 25.8 Å². The van der Waals surface area contributed by atoms with Gasteiger partial charge in [0.2, 0.25) is 0 Å². The quantitative estimate of drug-likeness (QED) is 0.720. The molecule has 3 N–H and O–H groups in total. The van der Waals surface area contributed by atoms with Crippen LogP contribution in [0.4, 0.5) is 9.59 Å². The summed E-state index contributed by atoms with van der Waals surface area (Å²) in [6, 6.07) is 9.00. The minimum Gasteiger partial charge on any atom is -0.445 e. The van der Waals surface area contributed by atoms with E-state index in [4.69, 9.17) is 14.6 Å². The molecule has 7 heteroatoms. The number of alkyl carbamates (subject to hydrolysis) is 2. The van der Waals surface area contributed by atoms with Crippen molar-refractivity contribution in [3.63, 3.8) is 0 Å². The molecule has 0 aromatic heterocycles. The van der Waals surface area contributed by atoms with Crippen molar-refractivity contribution in [2.45, 2.75) is 25.2 Å². The molecule has 0 aliphatic carbocycles. The molecule has 2 rings (SSSR count). The van der Waals surface area contributed by atoms with Crippen molar-refractivity contribution in [1.29, 1.82) is 0 Å². The average molecular weight is 294 g/mol. The summed E-state index contributed by atoms with van der Waals surface area (Å²) < 4.78 is 10.1. The maximum Gasteiger partial charge on any atom is 0.407 e. The molecule has 114 valence electrons. The lowest BCUT2D eigenvalue weighted by Gasteiger charge is -2.16. The van der Waals surface area contributed by atoms with Gasteiger partial charge < -0.3 is 25.2 Å². The monoisotopic (exact) mass is 294 g/mol. The summed E-state index contributed by atoms with van der Waals surface area (Å²) in [4.78, 5) is 22.7. The fourth-order valence-corrected chi connectivity index (χ4v) is 2.04. The van der Waals surface area contributed by atoms with E-state index in [1.807, 2.05) is 30.3 Å². The van der Waals surface area contributed by atoms with Gasteiger partial charge in [0, 0.05) is 6.61 Å². The van der Waals surface area contributed by atoms with Crippen molar-refractivity contribution < 1.29 is 24.2 Å². The van der Waals surface area contributed by atoms with Crippen molar-refractivity contribution in [2.24, 2.45) is 0 Å².